The number of carbonyl (C=O) groups excluding carboxylic acids is 3. The summed E-state index contributed by atoms with van der Waals surface area (Å²) in [5.74, 6) is -0.540. The van der Waals surface area contributed by atoms with Crippen LogP contribution in [-0.4, -0.2) is 17.1 Å². The molecule has 2 aromatic rings. The van der Waals surface area contributed by atoms with Crippen molar-refractivity contribution in [3.05, 3.63) is 77.2 Å². The molecule has 0 aliphatic carbocycles. The van der Waals surface area contributed by atoms with Gasteiger partial charge in [0.25, 0.3) is 11.1 Å². The standard InChI is InChI=1S/C20H16N2O3S/c1-14(23)21-16-10-12-17(13-11-16)22-19(24)18(26-20(22)25)9-5-8-15-6-3-2-4-7-15/h2-13H,1H3,(H,21,23)/b8-5+,18-9-. The Labute approximate surface area is 155 Å². The van der Waals surface area contributed by atoms with Crippen molar-refractivity contribution >= 4 is 46.3 Å². The van der Waals surface area contributed by atoms with Crippen molar-refractivity contribution in [2.24, 2.45) is 0 Å². The minimum Gasteiger partial charge on any atom is -0.326 e. The molecule has 0 saturated carbocycles. The Morgan fingerprint density at radius 3 is 2.38 bits per heavy atom. The molecule has 0 spiro atoms. The van der Waals surface area contributed by atoms with Crippen LogP contribution in [-0.2, 0) is 9.59 Å². The fraction of sp³-hybridized carbons (Fsp3) is 0.0500. The third kappa shape index (κ3) is 4.10. The molecule has 1 fully saturated rings. The van der Waals surface area contributed by atoms with Gasteiger partial charge in [-0.1, -0.05) is 42.5 Å². The van der Waals surface area contributed by atoms with E-state index < -0.39 is 0 Å². The molecule has 1 N–H and O–H groups in total. The van der Waals surface area contributed by atoms with Crippen LogP contribution in [0.1, 0.15) is 12.5 Å². The lowest BCUT2D eigenvalue weighted by Gasteiger charge is -2.13. The number of hydrogen-bond donors (Lipinski definition) is 1. The Morgan fingerprint density at radius 2 is 1.73 bits per heavy atom. The largest absolute Gasteiger partial charge is 0.326 e. The normalized spacial score (nSPS) is 15.9. The van der Waals surface area contributed by atoms with Gasteiger partial charge < -0.3 is 5.32 Å². The molecular weight excluding hydrogens is 348 g/mol. The number of nitrogens with zero attached hydrogens (tertiary/aromatic N) is 1. The number of carbonyl (C=O) groups is 3. The maximum Gasteiger partial charge on any atom is 0.298 e. The highest BCUT2D eigenvalue weighted by Gasteiger charge is 2.35. The van der Waals surface area contributed by atoms with Crippen molar-refractivity contribution in [2.45, 2.75) is 6.92 Å². The van der Waals surface area contributed by atoms with Gasteiger partial charge in [-0.2, -0.15) is 0 Å². The van der Waals surface area contributed by atoms with E-state index in [4.69, 9.17) is 0 Å². The quantitative estimate of drug-likeness (QED) is 0.815. The minimum absolute atomic E-state index is 0.183. The predicted molar refractivity (Wildman–Crippen MR) is 105 cm³/mol. The molecule has 26 heavy (non-hydrogen) atoms. The predicted octanol–water partition coefficient (Wildman–Crippen LogP) is 4.44. The first kappa shape index (κ1) is 17.7. The summed E-state index contributed by atoms with van der Waals surface area (Å²) >= 11 is 0.904. The van der Waals surface area contributed by atoms with E-state index in [1.165, 1.54) is 6.92 Å². The van der Waals surface area contributed by atoms with Crippen LogP contribution in [0.15, 0.2) is 71.7 Å². The van der Waals surface area contributed by atoms with Crippen molar-refractivity contribution in [2.75, 3.05) is 10.2 Å². The average molecular weight is 364 g/mol. The molecular formula is C20H16N2O3S. The second kappa shape index (κ2) is 7.84. The summed E-state index contributed by atoms with van der Waals surface area (Å²) in [7, 11) is 0. The first-order valence-corrected chi connectivity index (χ1v) is 8.73. The van der Waals surface area contributed by atoms with Crippen LogP contribution in [0.25, 0.3) is 6.08 Å². The fourth-order valence-electron chi connectivity index (χ4n) is 2.41. The molecule has 0 unspecified atom stereocenters. The maximum atomic E-state index is 12.5. The van der Waals surface area contributed by atoms with Crippen LogP contribution in [0.2, 0.25) is 0 Å². The second-order valence-electron chi connectivity index (χ2n) is 5.54. The number of amides is 3. The van der Waals surface area contributed by atoms with Gasteiger partial charge in [0, 0.05) is 12.6 Å². The van der Waals surface area contributed by atoms with Gasteiger partial charge in [0.1, 0.15) is 0 Å². The SMILES string of the molecule is CC(=O)Nc1ccc(N2C(=O)S/C(=C\C=C\c3ccccc3)C2=O)cc1. The van der Waals surface area contributed by atoms with E-state index in [9.17, 15) is 14.4 Å². The zero-order valence-corrected chi connectivity index (χ0v) is 14.8. The number of anilines is 2. The van der Waals surface area contributed by atoms with Crippen LogP contribution in [0.5, 0.6) is 0 Å². The fourth-order valence-corrected chi connectivity index (χ4v) is 3.21. The first-order valence-electron chi connectivity index (χ1n) is 7.92. The Balaban J connectivity index is 1.75. The summed E-state index contributed by atoms with van der Waals surface area (Å²) in [5, 5.41) is 2.30. The summed E-state index contributed by atoms with van der Waals surface area (Å²) in [5.41, 5.74) is 2.09. The van der Waals surface area contributed by atoms with Crippen LogP contribution in [0.4, 0.5) is 16.2 Å². The molecule has 2 aromatic carbocycles. The third-order valence-electron chi connectivity index (χ3n) is 3.58. The van der Waals surface area contributed by atoms with Crippen molar-refractivity contribution in [3.63, 3.8) is 0 Å². The summed E-state index contributed by atoms with van der Waals surface area (Å²) in [6.45, 7) is 1.41. The van der Waals surface area contributed by atoms with E-state index in [2.05, 4.69) is 5.32 Å². The summed E-state index contributed by atoms with van der Waals surface area (Å²) < 4.78 is 0. The van der Waals surface area contributed by atoms with Gasteiger partial charge in [0.2, 0.25) is 5.91 Å². The number of imide groups is 1. The zero-order valence-electron chi connectivity index (χ0n) is 14.0. The van der Waals surface area contributed by atoms with Gasteiger partial charge in [-0.05, 0) is 47.7 Å². The number of benzene rings is 2. The molecule has 1 aliphatic heterocycles. The lowest BCUT2D eigenvalue weighted by atomic mass is 10.2. The molecule has 0 bridgehead atoms. The van der Waals surface area contributed by atoms with Gasteiger partial charge in [-0.3, -0.25) is 14.4 Å². The van der Waals surface area contributed by atoms with Crippen molar-refractivity contribution in [1.82, 2.24) is 0 Å². The molecule has 1 heterocycles. The molecule has 5 nitrogen and oxygen atoms in total. The van der Waals surface area contributed by atoms with E-state index in [1.807, 2.05) is 36.4 Å². The lowest BCUT2D eigenvalue weighted by molar-refractivity contribution is -0.114. The average Bonchev–Trinajstić information content (AvgIpc) is 2.90. The van der Waals surface area contributed by atoms with E-state index in [1.54, 1.807) is 36.4 Å². The van der Waals surface area contributed by atoms with E-state index in [-0.39, 0.29) is 17.1 Å². The van der Waals surface area contributed by atoms with E-state index in [0.29, 0.717) is 16.3 Å². The van der Waals surface area contributed by atoms with Gasteiger partial charge in [-0.15, -0.1) is 0 Å². The molecule has 130 valence electrons. The Bertz CT molecular complexity index is 902. The summed E-state index contributed by atoms with van der Waals surface area (Å²) in [6, 6.07) is 16.3. The van der Waals surface area contributed by atoms with Crippen LogP contribution >= 0.6 is 11.8 Å². The Morgan fingerprint density at radius 1 is 1.04 bits per heavy atom. The van der Waals surface area contributed by atoms with Crippen LogP contribution in [0, 0.1) is 0 Å². The van der Waals surface area contributed by atoms with Gasteiger partial charge in [-0.25, -0.2) is 4.90 Å². The molecule has 1 aliphatic rings. The van der Waals surface area contributed by atoms with Crippen molar-refractivity contribution in [3.8, 4) is 0 Å². The van der Waals surface area contributed by atoms with Crippen LogP contribution < -0.4 is 10.2 Å². The van der Waals surface area contributed by atoms with Crippen molar-refractivity contribution in [1.29, 1.82) is 0 Å². The van der Waals surface area contributed by atoms with E-state index in [0.717, 1.165) is 22.2 Å². The Kier molecular flexibility index (Phi) is 5.34. The highest BCUT2D eigenvalue weighted by molar-refractivity contribution is 8.18. The summed E-state index contributed by atoms with van der Waals surface area (Å²) in [4.78, 5) is 37.3. The molecule has 6 heteroatoms. The van der Waals surface area contributed by atoms with Gasteiger partial charge in [0.05, 0.1) is 10.6 Å². The molecule has 0 atom stereocenters. The number of nitrogens with one attached hydrogen (secondary N) is 1. The molecule has 0 radical (unpaired) electrons. The number of rotatable bonds is 4. The minimum atomic E-state index is -0.356. The van der Waals surface area contributed by atoms with Crippen molar-refractivity contribution < 1.29 is 14.4 Å². The molecule has 0 aromatic heterocycles. The van der Waals surface area contributed by atoms with E-state index >= 15 is 0 Å². The molecule has 3 rings (SSSR count). The number of thioether (sulfide) groups is 1. The molecule has 1 saturated heterocycles. The third-order valence-corrected chi connectivity index (χ3v) is 4.46. The smallest absolute Gasteiger partial charge is 0.298 e. The highest BCUT2D eigenvalue weighted by atomic mass is 32.2. The second-order valence-corrected chi connectivity index (χ2v) is 6.53. The van der Waals surface area contributed by atoms with Gasteiger partial charge in [0.15, 0.2) is 0 Å². The number of allylic oxidation sites excluding steroid dienone is 2. The first-order chi connectivity index (χ1) is 12.5. The number of hydrogen-bond acceptors (Lipinski definition) is 4. The maximum absolute atomic E-state index is 12.5. The van der Waals surface area contributed by atoms with Crippen LogP contribution in [0.3, 0.4) is 0 Å². The summed E-state index contributed by atoms with van der Waals surface area (Å²) in [6.07, 6.45) is 5.27. The highest BCUT2D eigenvalue weighted by Crippen LogP contribution is 2.35. The van der Waals surface area contributed by atoms with Gasteiger partial charge >= 0.3 is 0 Å². The zero-order chi connectivity index (χ0) is 18.5. The lowest BCUT2D eigenvalue weighted by Crippen LogP contribution is -2.27. The molecule has 3 amide bonds. The monoisotopic (exact) mass is 364 g/mol. The topological polar surface area (TPSA) is 66.5 Å². The Hall–Kier alpha value is -3.12.